The molecule has 0 bridgehead atoms. The summed E-state index contributed by atoms with van der Waals surface area (Å²) in [7, 11) is 2.17. The van der Waals surface area contributed by atoms with E-state index in [1.54, 1.807) is 0 Å². The van der Waals surface area contributed by atoms with Crippen molar-refractivity contribution in [2.24, 2.45) is 0 Å². The number of piperazine rings is 1. The molecule has 0 atom stereocenters. The minimum absolute atomic E-state index is 0.0201. The Morgan fingerprint density at radius 2 is 1.84 bits per heavy atom. The Kier molecular flexibility index (Phi) is 5.54. The van der Waals surface area contributed by atoms with Gasteiger partial charge in [-0.2, -0.15) is 11.8 Å². The van der Waals surface area contributed by atoms with Crippen LogP contribution >= 0.6 is 11.8 Å². The Hall–Kier alpha value is -0.260. The average molecular weight is 286 g/mol. The van der Waals surface area contributed by atoms with Crippen LogP contribution in [0.4, 0.5) is 0 Å². The molecule has 2 aliphatic heterocycles. The van der Waals surface area contributed by atoms with Crippen LogP contribution in [0.15, 0.2) is 0 Å². The lowest BCUT2D eigenvalue weighted by Crippen LogP contribution is -2.58. The summed E-state index contributed by atoms with van der Waals surface area (Å²) in [4.78, 5) is 16.9. The van der Waals surface area contributed by atoms with E-state index in [0.717, 1.165) is 39.0 Å². The van der Waals surface area contributed by atoms with Crippen LogP contribution < -0.4 is 0 Å². The molecule has 0 unspecified atom stereocenters. The van der Waals surface area contributed by atoms with Gasteiger partial charge in [0, 0.05) is 31.7 Å². The number of thioether (sulfide) groups is 1. The minimum atomic E-state index is -0.0201. The van der Waals surface area contributed by atoms with Gasteiger partial charge in [0.15, 0.2) is 0 Å². The third-order valence-electron chi connectivity index (χ3n) is 4.38. The van der Waals surface area contributed by atoms with E-state index >= 15 is 0 Å². The van der Waals surface area contributed by atoms with Crippen LogP contribution in [0.25, 0.3) is 0 Å². The lowest BCUT2D eigenvalue weighted by molar-refractivity contribution is -0.147. The number of esters is 1. The van der Waals surface area contributed by atoms with Gasteiger partial charge in [-0.15, -0.1) is 0 Å². The van der Waals surface area contributed by atoms with Gasteiger partial charge >= 0.3 is 5.97 Å². The third kappa shape index (κ3) is 3.86. The normalized spacial score (nSPS) is 25.2. The van der Waals surface area contributed by atoms with E-state index in [-0.39, 0.29) is 11.5 Å². The van der Waals surface area contributed by atoms with Crippen molar-refractivity contribution in [1.29, 1.82) is 0 Å². The summed E-state index contributed by atoms with van der Waals surface area (Å²) in [5, 5.41) is 0. The van der Waals surface area contributed by atoms with Gasteiger partial charge in [-0.1, -0.05) is 0 Å². The zero-order valence-corrected chi connectivity index (χ0v) is 13.0. The second-order valence-corrected chi connectivity index (χ2v) is 6.83. The van der Waals surface area contributed by atoms with Crippen LogP contribution in [-0.2, 0) is 9.53 Å². The monoisotopic (exact) mass is 286 g/mol. The van der Waals surface area contributed by atoms with E-state index in [2.05, 4.69) is 16.8 Å². The second kappa shape index (κ2) is 6.95. The summed E-state index contributed by atoms with van der Waals surface area (Å²) < 4.78 is 5.20. The van der Waals surface area contributed by atoms with E-state index in [0.29, 0.717) is 13.0 Å². The SMILES string of the molecule is CCOC(=O)CC1(N2CCN(C)CC2)CCSCC1. The molecule has 0 spiro atoms. The number of likely N-dealkylation sites (N-methyl/N-ethyl adjacent to an activating group) is 1. The maximum Gasteiger partial charge on any atom is 0.307 e. The molecular formula is C14H26N2O2S. The van der Waals surface area contributed by atoms with Crippen LogP contribution in [0.2, 0.25) is 0 Å². The Morgan fingerprint density at radius 1 is 1.21 bits per heavy atom. The predicted molar refractivity (Wildman–Crippen MR) is 79.6 cm³/mol. The molecule has 0 radical (unpaired) electrons. The molecule has 4 nitrogen and oxygen atoms in total. The molecule has 2 rings (SSSR count). The van der Waals surface area contributed by atoms with Gasteiger partial charge in [0.1, 0.15) is 0 Å². The zero-order valence-electron chi connectivity index (χ0n) is 12.2. The van der Waals surface area contributed by atoms with Crippen LogP contribution in [0.5, 0.6) is 0 Å². The summed E-state index contributed by atoms with van der Waals surface area (Å²) in [5.74, 6) is 2.32. The van der Waals surface area contributed by atoms with Gasteiger partial charge in [-0.05, 0) is 38.3 Å². The Balaban J connectivity index is 2.03. The molecule has 0 amide bonds. The molecule has 0 aromatic rings. The number of nitrogens with zero attached hydrogens (tertiary/aromatic N) is 2. The summed E-state index contributed by atoms with van der Waals surface area (Å²) in [6.45, 7) is 6.76. The van der Waals surface area contributed by atoms with Crippen LogP contribution in [-0.4, -0.2) is 72.6 Å². The summed E-state index contributed by atoms with van der Waals surface area (Å²) in [6, 6.07) is 0. The summed E-state index contributed by atoms with van der Waals surface area (Å²) in [5.41, 5.74) is 0.0682. The lowest BCUT2D eigenvalue weighted by atomic mass is 9.85. The first-order chi connectivity index (χ1) is 9.16. The molecule has 0 saturated carbocycles. The Labute approximate surface area is 120 Å². The highest BCUT2D eigenvalue weighted by Gasteiger charge is 2.41. The minimum Gasteiger partial charge on any atom is -0.466 e. The van der Waals surface area contributed by atoms with Gasteiger partial charge < -0.3 is 9.64 Å². The molecule has 110 valence electrons. The highest BCUT2D eigenvalue weighted by atomic mass is 32.2. The predicted octanol–water partition coefficient (Wildman–Crippen LogP) is 1.45. The smallest absolute Gasteiger partial charge is 0.307 e. The molecule has 0 N–H and O–H groups in total. The van der Waals surface area contributed by atoms with E-state index in [1.165, 1.54) is 11.5 Å². The quantitative estimate of drug-likeness (QED) is 0.731. The van der Waals surface area contributed by atoms with Crippen molar-refractivity contribution >= 4 is 17.7 Å². The van der Waals surface area contributed by atoms with Crippen molar-refractivity contribution in [3.8, 4) is 0 Å². The number of hydrogen-bond acceptors (Lipinski definition) is 5. The molecule has 2 aliphatic rings. The molecular weight excluding hydrogens is 260 g/mol. The topological polar surface area (TPSA) is 32.8 Å². The fourth-order valence-electron chi connectivity index (χ4n) is 3.12. The zero-order chi connectivity index (χ0) is 13.7. The molecule has 19 heavy (non-hydrogen) atoms. The first-order valence-corrected chi connectivity index (χ1v) is 8.49. The number of ether oxygens (including phenoxy) is 1. The van der Waals surface area contributed by atoms with Gasteiger partial charge in [-0.3, -0.25) is 9.69 Å². The average Bonchev–Trinajstić information content (AvgIpc) is 2.40. The van der Waals surface area contributed by atoms with Gasteiger partial charge in [0.2, 0.25) is 0 Å². The van der Waals surface area contributed by atoms with E-state index < -0.39 is 0 Å². The third-order valence-corrected chi connectivity index (χ3v) is 5.36. The molecule has 0 aliphatic carbocycles. The van der Waals surface area contributed by atoms with Crippen molar-refractivity contribution < 1.29 is 9.53 Å². The summed E-state index contributed by atoms with van der Waals surface area (Å²) in [6.07, 6.45) is 2.82. The van der Waals surface area contributed by atoms with E-state index in [4.69, 9.17) is 4.74 Å². The van der Waals surface area contributed by atoms with Crippen molar-refractivity contribution in [3.05, 3.63) is 0 Å². The number of hydrogen-bond donors (Lipinski definition) is 0. The molecule has 5 heteroatoms. The largest absolute Gasteiger partial charge is 0.466 e. The number of rotatable bonds is 4. The molecule has 0 aromatic heterocycles. The first-order valence-electron chi connectivity index (χ1n) is 7.33. The van der Waals surface area contributed by atoms with E-state index in [1.807, 2.05) is 18.7 Å². The first kappa shape index (κ1) is 15.1. The highest BCUT2D eigenvalue weighted by Crippen LogP contribution is 2.36. The maximum atomic E-state index is 12.0. The van der Waals surface area contributed by atoms with Crippen LogP contribution in [0.1, 0.15) is 26.2 Å². The number of carbonyl (C=O) groups is 1. The lowest BCUT2D eigenvalue weighted by Gasteiger charge is -2.48. The van der Waals surface area contributed by atoms with Crippen molar-refractivity contribution in [2.45, 2.75) is 31.7 Å². The Bertz CT molecular complexity index is 298. The number of carbonyl (C=O) groups excluding carboxylic acids is 1. The van der Waals surface area contributed by atoms with Crippen LogP contribution in [0, 0.1) is 0 Å². The van der Waals surface area contributed by atoms with Crippen molar-refractivity contribution in [1.82, 2.24) is 9.80 Å². The second-order valence-electron chi connectivity index (χ2n) is 5.61. The Morgan fingerprint density at radius 3 is 2.42 bits per heavy atom. The van der Waals surface area contributed by atoms with Gasteiger partial charge in [0.05, 0.1) is 13.0 Å². The van der Waals surface area contributed by atoms with Crippen molar-refractivity contribution in [2.75, 3.05) is 51.3 Å². The highest BCUT2D eigenvalue weighted by molar-refractivity contribution is 7.99. The summed E-state index contributed by atoms with van der Waals surface area (Å²) >= 11 is 2.01. The fraction of sp³-hybridized carbons (Fsp3) is 0.929. The van der Waals surface area contributed by atoms with Crippen molar-refractivity contribution in [3.63, 3.8) is 0 Å². The molecule has 2 heterocycles. The standard InChI is InChI=1S/C14H26N2O2S/c1-3-18-13(17)12-14(4-10-19-11-5-14)16-8-6-15(2)7-9-16/h3-12H2,1-2H3. The van der Waals surface area contributed by atoms with Gasteiger partial charge in [0.25, 0.3) is 0 Å². The van der Waals surface area contributed by atoms with Crippen LogP contribution in [0.3, 0.4) is 0 Å². The maximum absolute atomic E-state index is 12.0. The molecule has 0 aromatic carbocycles. The molecule has 2 fully saturated rings. The van der Waals surface area contributed by atoms with E-state index in [9.17, 15) is 4.79 Å². The van der Waals surface area contributed by atoms with Gasteiger partial charge in [-0.25, -0.2) is 0 Å². The fourth-order valence-corrected chi connectivity index (χ4v) is 4.37. The molecule has 2 saturated heterocycles.